The SMILES string of the molecule is CCOC(=O)C(F)=C1O[C@H](COCc2ccccc2)[C@H](OCc2ccccc2)[C@H](OCc2ccccc2)[C@H]1OCc1ccccc1. The van der Waals surface area contributed by atoms with Gasteiger partial charge in [-0.15, -0.1) is 0 Å². The molecule has 5 rings (SSSR count). The third-order valence-electron chi connectivity index (χ3n) is 7.43. The average Bonchev–Trinajstić information content (AvgIpc) is 3.11. The molecule has 0 amide bonds. The van der Waals surface area contributed by atoms with Gasteiger partial charge in [0, 0.05) is 0 Å². The maximum atomic E-state index is 16.0. The predicted molar refractivity (Wildman–Crippen MR) is 171 cm³/mol. The molecule has 0 spiro atoms. The van der Waals surface area contributed by atoms with Crippen molar-refractivity contribution in [3.8, 4) is 0 Å². The molecule has 1 aliphatic heterocycles. The summed E-state index contributed by atoms with van der Waals surface area (Å²) in [6.07, 6.45) is -3.64. The molecule has 1 heterocycles. The highest BCUT2D eigenvalue weighted by atomic mass is 19.1. The summed E-state index contributed by atoms with van der Waals surface area (Å²) in [6.45, 7) is 2.48. The third-order valence-corrected chi connectivity index (χ3v) is 7.43. The zero-order valence-corrected chi connectivity index (χ0v) is 25.8. The Balaban J connectivity index is 1.50. The Kier molecular flexibility index (Phi) is 12.5. The highest BCUT2D eigenvalue weighted by Gasteiger charge is 2.49. The van der Waals surface area contributed by atoms with Gasteiger partial charge in [0.25, 0.3) is 0 Å². The minimum absolute atomic E-state index is 0.00453. The average molecular weight is 627 g/mol. The van der Waals surface area contributed by atoms with E-state index in [1.54, 1.807) is 6.92 Å². The van der Waals surface area contributed by atoms with E-state index < -0.39 is 36.2 Å². The summed E-state index contributed by atoms with van der Waals surface area (Å²) in [5.74, 6) is -2.62. The van der Waals surface area contributed by atoms with E-state index in [0.717, 1.165) is 22.3 Å². The maximum Gasteiger partial charge on any atom is 0.370 e. The fraction of sp³-hybridized carbons (Fsp3) is 0.289. The second-order valence-corrected chi connectivity index (χ2v) is 10.8. The molecule has 0 radical (unpaired) electrons. The Morgan fingerprint density at radius 2 is 1.07 bits per heavy atom. The van der Waals surface area contributed by atoms with Crippen molar-refractivity contribution in [1.29, 1.82) is 0 Å². The van der Waals surface area contributed by atoms with Gasteiger partial charge in [-0.2, -0.15) is 4.39 Å². The van der Waals surface area contributed by atoms with Crippen LogP contribution in [-0.2, 0) is 59.6 Å². The number of hydrogen-bond donors (Lipinski definition) is 0. The number of esters is 1. The first-order chi connectivity index (χ1) is 22.6. The van der Waals surface area contributed by atoms with Crippen LogP contribution in [0.5, 0.6) is 0 Å². The number of carbonyl (C=O) groups excluding carboxylic acids is 1. The first-order valence-electron chi connectivity index (χ1n) is 15.4. The standard InChI is InChI=1S/C38H39FO7/c1-2-42-38(40)33(39)35-37(45-26-31-21-13-6-14-22-31)36(44-25-30-19-11-5-12-20-30)34(43-24-29-17-9-4-10-18-29)32(46-35)27-41-23-28-15-7-3-8-16-28/h3-22,32,34,36-37H,2,23-27H2,1H3/t32-,34+,36+,37+/m1/s1. The lowest BCUT2D eigenvalue weighted by Crippen LogP contribution is -2.56. The lowest BCUT2D eigenvalue weighted by Gasteiger charge is -2.43. The van der Waals surface area contributed by atoms with Crippen molar-refractivity contribution in [3.63, 3.8) is 0 Å². The number of benzene rings is 4. The second kappa shape index (κ2) is 17.4. The first kappa shape index (κ1) is 33.0. The topological polar surface area (TPSA) is 72.5 Å². The molecule has 7 nitrogen and oxygen atoms in total. The summed E-state index contributed by atoms with van der Waals surface area (Å²) >= 11 is 0. The van der Waals surface area contributed by atoms with E-state index in [2.05, 4.69) is 0 Å². The molecule has 4 aromatic rings. The molecule has 4 atom stereocenters. The van der Waals surface area contributed by atoms with Crippen LogP contribution in [0.25, 0.3) is 0 Å². The minimum atomic E-state index is -1.18. The van der Waals surface area contributed by atoms with Crippen LogP contribution < -0.4 is 0 Å². The Morgan fingerprint density at radius 1 is 0.630 bits per heavy atom. The molecule has 1 saturated heterocycles. The van der Waals surface area contributed by atoms with Gasteiger partial charge in [0.05, 0.1) is 39.6 Å². The number of carbonyl (C=O) groups is 1. The summed E-state index contributed by atoms with van der Waals surface area (Å²) in [5, 5.41) is 0. The smallest absolute Gasteiger partial charge is 0.370 e. The van der Waals surface area contributed by atoms with E-state index in [1.807, 2.05) is 121 Å². The predicted octanol–water partition coefficient (Wildman–Crippen LogP) is 7.10. The van der Waals surface area contributed by atoms with Crippen LogP contribution in [0.3, 0.4) is 0 Å². The van der Waals surface area contributed by atoms with Gasteiger partial charge in [0.1, 0.15) is 18.3 Å². The Bertz CT molecular complexity index is 1500. The second-order valence-electron chi connectivity index (χ2n) is 10.8. The molecule has 0 N–H and O–H groups in total. The van der Waals surface area contributed by atoms with Gasteiger partial charge in [-0.1, -0.05) is 121 Å². The Morgan fingerprint density at radius 3 is 1.54 bits per heavy atom. The quantitative estimate of drug-likeness (QED) is 0.103. The van der Waals surface area contributed by atoms with Crippen LogP contribution >= 0.6 is 0 Å². The fourth-order valence-electron chi connectivity index (χ4n) is 5.15. The van der Waals surface area contributed by atoms with Gasteiger partial charge >= 0.3 is 5.97 Å². The van der Waals surface area contributed by atoms with Crippen LogP contribution in [0.2, 0.25) is 0 Å². The van der Waals surface area contributed by atoms with E-state index >= 15 is 4.39 Å². The summed E-state index contributed by atoms with van der Waals surface area (Å²) in [4.78, 5) is 12.8. The summed E-state index contributed by atoms with van der Waals surface area (Å²) < 4.78 is 52.8. The molecule has 0 aromatic heterocycles. The molecule has 0 unspecified atom stereocenters. The largest absolute Gasteiger partial charge is 0.483 e. The van der Waals surface area contributed by atoms with E-state index in [9.17, 15) is 4.79 Å². The van der Waals surface area contributed by atoms with Crippen molar-refractivity contribution in [2.24, 2.45) is 0 Å². The molecule has 0 saturated carbocycles. The molecule has 0 bridgehead atoms. The highest BCUT2D eigenvalue weighted by Crippen LogP contribution is 2.35. The van der Waals surface area contributed by atoms with Crippen molar-refractivity contribution < 1.29 is 37.6 Å². The van der Waals surface area contributed by atoms with Crippen LogP contribution in [-0.4, -0.2) is 43.6 Å². The van der Waals surface area contributed by atoms with Gasteiger partial charge in [-0.3, -0.25) is 0 Å². The highest BCUT2D eigenvalue weighted by molar-refractivity contribution is 5.86. The van der Waals surface area contributed by atoms with E-state index in [-0.39, 0.29) is 38.8 Å². The Hall–Kier alpha value is -4.34. The minimum Gasteiger partial charge on any atom is -0.483 e. The molecule has 240 valence electrons. The van der Waals surface area contributed by atoms with Gasteiger partial charge in [0.15, 0.2) is 11.9 Å². The van der Waals surface area contributed by atoms with Crippen molar-refractivity contribution in [2.75, 3.05) is 13.2 Å². The third kappa shape index (κ3) is 9.34. The zero-order chi connectivity index (χ0) is 32.0. The van der Waals surface area contributed by atoms with Gasteiger partial charge in [-0.05, 0) is 29.2 Å². The number of rotatable bonds is 15. The van der Waals surface area contributed by atoms with Crippen molar-refractivity contribution in [3.05, 3.63) is 155 Å². The molecule has 1 aliphatic rings. The van der Waals surface area contributed by atoms with Crippen LogP contribution in [0.1, 0.15) is 29.2 Å². The summed E-state index contributed by atoms with van der Waals surface area (Å²) in [7, 11) is 0. The lowest BCUT2D eigenvalue weighted by atomic mass is 9.96. The van der Waals surface area contributed by atoms with Crippen LogP contribution in [0, 0.1) is 0 Å². The summed E-state index contributed by atoms with van der Waals surface area (Å²) in [6, 6.07) is 38.5. The number of ether oxygens (including phenoxy) is 6. The van der Waals surface area contributed by atoms with Crippen LogP contribution in [0.15, 0.2) is 133 Å². The zero-order valence-electron chi connectivity index (χ0n) is 25.8. The van der Waals surface area contributed by atoms with Gasteiger partial charge < -0.3 is 28.4 Å². The van der Waals surface area contributed by atoms with Crippen molar-refractivity contribution >= 4 is 5.97 Å². The van der Waals surface area contributed by atoms with E-state index in [1.165, 1.54) is 0 Å². The van der Waals surface area contributed by atoms with Gasteiger partial charge in [-0.25, -0.2) is 4.79 Å². The maximum absolute atomic E-state index is 16.0. The Labute approximate surface area is 269 Å². The lowest BCUT2D eigenvalue weighted by molar-refractivity contribution is -0.225. The number of hydrogen-bond acceptors (Lipinski definition) is 7. The van der Waals surface area contributed by atoms with E-state index in [0.29, 0.717) is 6.61 Å². The molecule has 8 heteroatoms. The van der Waals surface area contributed by atoms with Crippen LogP contribution in [0.4, 0.5) is 4.39 Å². The summed E-state index contributed by atoms with van der Waals surface area (Å²) in [5.41, 5.74) is 3.67. The normalized spacial score (nSPS) is 20.5. The monoisotopic (exact) mass is 626 g/mol. The van der Waals surface area contributed by atoms with E-state index in [4.69, 9.17) is 28.4 Å². The molecule has 0 aliphatic carbocycles. The molecule has 46 heavy (non-hydrogen) atoms. The number of halogens is 1. The molecule has 4 aromatic carbocycles. The van der Waals surface area contributed by atoms with Crippen molar-refractivity contribution in [2.45, 2.75) is 57.8 Å². The first-order valence-corrected chi connectivity index (χ1v) is 15.4. The fourth-order valence-corrected chi connectivity index (χ4v) is 5.15. The molecular weight excluding hydrogens is 587 g/mol. The van der Waals surface area contributed by atoms with Gasteiger partial charge in [0.2, 0.25) is 5.83 Å². The van der Waals surface area contributed by atoms with Crippen molar-refractivity contribution in [1.82, 2.24) is 0 Å². The molecular formula is C38H39FO7. The molecule has 1 fully saturated rings.